The third-order valence-corrected chi connectivity index (χ3v) is 8.61. The molecule has 1 unspecified atom stereocenters. The van der Waals surface area contributed by atoms with Crippen molar-refractivity contribution in [1.29, 1.82) is 0 Å². The minimum absolute atomic E-state index is 0.207. The lowest BCUT2D eigenvalue weighted by molar-refractivity contribution is 0.828. The zero-order valence-corrected chi connectivity index (χ0v) is 24.3. The molecule has 3 aromatic heterocycles. The van der Waals surface area contributed by atoms with Crippen LogP contribution in [0, 0.1) is 0 Å². The van der Waals surface area contributed by atoms with E-state index in [2.05, 4.69) is 131 Å². The number of anilines is 1. The van der Waals surface area contributed by atoms with E-state index in [1.807, 2.05) is 30.5 Å². The van der Waals surface area contributed by atoms with Gasteiger partial charge in [-0.15, -0.1) is 0 Å². The minimum Gasteiger partial charge on any atom is -0.360 e. The van der Waals surface area contributed by atoms with E-state index in [-0.39, 0.29) is 6.17 Å². The van der Waals surface area contributed by atoms with Gasteiger partial charge in [0.15, 0.2) is 5.65 Å². The van der Waals surface area contributed by atoms with Crippen LogP contribution in [0.25, 0.3) is 50.0 Å². The number of pyridine rings is 2. The van der Waals surface area contributed by atoms with Gasteiger partial charge in [-0.1, -0.05) is 115 Å². The van der Waals surface area contributed by atoms with Gasteiger partial charge in [0.05, 0.1) is 11.4 Å². The summed E-state index contributed by atoms with van der Waals surface area (Å²) in [6.45, 7) is 0. The van der Waals surface area contributed by atoms with Crippen molar-refractivity contribution in [2.75, 3.05) is 5.32 Å². The Bertz CT molecular complexity index is 2420. The van der Waals surface area contributed by atoms with Crippen LogP contribution in [-0.4, -0.2) is 20.1 Å². The first kappa shape index (κ1) is 25.4. The zero-order valence-electron chi connectivity index (χ0n) is 24.3. The Labute approximate surface area is 260 Å². The van der Waals surface area contributed by atoms with Crippen molar-refractivity contribution in [3.05, 3.63) is 168 Å². The molecule has 0 spiro atoms. The Morgan fingerprint density at radius 1 is 0.556 bits per heavy atom. The highest BCUT2D eigenvalue weighted by atomic mass is 15.1. The molecule has 4 heterocycles. The molecule has 0 bridgehead atoms. The fourth-order valence-corrected chi connectivity index (χ4v) is 6.46. The van der Waals surface area contributed by atoms with Gasteiger partial charge in [0.1, 0.15) is 17.3 Å². The Morgan fingerprint density at radius 3 is 2.18 bits per heavy atom. The van der Waals surface area contributed by atoms with Crippen molar-refractivity contribution in [2.45, 2.75) is 6.17 Å². The summed E-state index contributed by atoms with van der Waals surface area (Å²) in [5.41, 5.74) is 12.4. The van der Waals surface area contributed by atoms with E-state index in [1.54, 1.807) is 0 Å². The quantitative estimate of drug-likeness (QED) is 0.227. The van der Waals surface area contributed by atoms with E-state index >= 15 is 0 Å². The van der Waals surface area contributed by atoms with Crippen molar-refractivity contribution < 1.29 is 0 Å². The summed E-state index contributed by atoms with van der Waals surface area (Å²) in [7, 11) is 0. The largest absolute Gasteiger partial charge is 0.360 e. The number of nitrogens with one attached hydrogen (secondary N) is 1. The molecule has 1 aliphatic heterocycles. The van der Waals surface area contributed by atoms with E-state index < -0.39 is 0 Å². The van der Waals surface area contributed by atoms with Crippen LogP contribution in [0.4, 0.5) is 5.69 Å². The second-order valence-electron chi connectivity index (χ2n) is 11.4. The number of imidazole rings is 1. The number of hydrogen-bond donors (Lipinski definition) is 1. The average molecular weight is 578 g/mol. The number of aliphatic imine (C=N–C) groups is 1. The number of nitrogens with zero attached hydrogens (tertiary/aromatic N) is 4. The van der Waals surface area contributed by atoms with E-state index in [1.165, 1.54) is 0 Å². The molecule has 5 aromatic carbocycles. The minimum atomic E-state index is -0.207. The first-order chi connectivity index (χ1) is 22.3. The van der Waals surface area contributed by atoms with Crippen LogP contribution < -0.4 is 5.32 Å². The van der Waals surface area contributed by atoms with Gasteiger partial charge in [-0.25, -0.2) is 9.97 Å². The predicted molar refractivity (Wildman–Crippen MR) is 184 cm³/mol. The fraction of sp³-hybridized carbons (Fsp3) is 0.0250. The summed E-state index contributed by atoms with van der Waals surface area (Å²) in [6, 6.07) is 50.7. The molecule has 8 aromatic rings. The Morgan fingerprint density at radius 2 is 1.27 bits per heavy atom. The van der Waals surface area contributed by atoms with E-state index in [0.717, 1.165) is 78.1 Å². The van der Waals surface area contributed by atoms with Crippen molar-refractivity contribution in [3.63, 3.8) is 0 Å². The highest BCUT2D eigenvalue weighted by Gasteiger charge is 2.23. The summed E-state index contributed by atoms with van der Waals surface area (Å²) in [4.78, 5) is 15.4. The maximum atomic E-state index is 5.23. The predicted octanol–water partition coefficient (Wildman–Crippen LogP) is 9.33. The third kappa shape index (κ3) is 4.28. The molecule has 0 saturated carbocycles. The summed E-state index contributed by atoms with van der Waals surface area (Å²) in [5, 5.41) is 5.86. The molecule has 1 aliphatic rings. The van der Waals surface area contributed by atoms with Crippen LogP contribution in [0.5, 0.6) is 0 Å². The molecule has 0 fully saturated rings. The van der Waals surface area contributed by atoms with E-state index in [9.17, 15) is 0 Å². The number of benzene rings is 5. The molecular formula is C40H27N5. The topological polar surface area (TPSA) is 54.6 Å². The lowest BCUT2D eigenvalue weighted by atomic mass is 9.95. The molecule has 212 valence electrons. The third-order valence-electron chi connectivity index (χ3n) is 8.61. The monoisotopic (exact) mass is 577 g/mol. The van der Waals surface area contributed by atoms with Crippen molar-refractivity contribution in [2.24, 2.45) is 4.99 Å². The molecule has 0 radical (unpaired) electrons. The van der Waals surface area contributed by atoms with Gasteiger partial charge >= 0.3 is 0 Å². The standard InChI is InChI=1S/C40H27N5/c1-2-12-26(13-3-1)36-33-20-6-7-21-34(33)41-39(43-36)30-17-11-15-28(25-30)27-14-10-16-29(24-27)37-31-18-4-5-19-32(31)38-40(44-37)45-23-9-8-22-35(45)42-38/h1-25,39,41H. The fourth-order valence-electron chi connectivity index (χ4n) is 6.46. The molecule has 0 amide bonds. The number of fused-ring (bicyclic) bond motifs is 6. The highest BCUT2D eigenvalue weighted by Crippen LogP contribution is 2.36. The normalized spacial score (nSPS) is 14.3. The number of para-hydroxylation sites is 1. The van der Waals surface area contributed by atoms with Crippen LogP contribution in [0.1, 0.15) is 22.9 Å². The molecule has 1 N–H and O–H groups in total. The number of hydrogen-bond acceptors (Lipinski definition) is 4. The van der Waals surface area contributed by atoms with E-state index in [0.29, 0.717) is 0 Å². The van der Waals surface area contributed by atoms with Crippen LogP contribution in [-0.2, 0) is 0 Å². The lowest BCUT2D eigenvalue weighted by Crippen LogP contribution is -2.20. The Hall–Kier alpha value is -6.07. The van der Waals surface area contributed by atoms with Crippen LogP contribution in [0.3, 0.4) is 0 Å². The van der Waals surface area contributed by atoms with Crippen LogP contribution >= 0.6 is 0 Å². The molecule has 0 saturated heterocycles. The van der Waals surface area contributed by atoms with Gasteiger partial charge in [-0.3, -0.25) is 9.39 Å². The maximum Gasteiger partial charge on any atom is 0.165 e. The molecule has 1 atom stereocenters. The molecule has 5 heteroatoms. The van der Waals surface area contributed by atoms with Crippen LogP contribution in [0.2, 0.25) is 0 Å². The zero-order chi connectivity index (χ0) is 29.7. The van der Waals surface area contributed by atoms with Crippen LogP contribution in [0.15, 0.2) is 157 Å². The number of rotatable bonds is 4. The van der Waals surface area contributed by atoms with Crippen molar-refractivity contribution in [1.82, 2.24) is 14.4 Å². The van der Waals surface area contributed by atoms with Gasteiger partial charge in [0, 0.05) is 39.3 Å². The molecular weight excluding hydrogens is 550 g/mol. The summed E-state index contributed by atoms with van der Waals surface area (Å²) >= 11 is 0. The van der Waals surface area contributed by atoms with Gasteiger partial charge in [-0.05, 0) is 47.0 Å². The smallest absolute Gasteiger partial charge is 0.165 e. The summed E-state index contributed by atoms with van der Waals surface area (Å²) in [6.07, 6.45) is 1.82. The highest BCUT2D eigenvalue weighted by molar-refractivity contribution is 6.17. The Kier molecular flexibility index (Phi) is 5.81. The average Bonchev–Trinajstić information content (AvgIpc) is 3.50. The van der Waals surface area contributed by atoms with Crippen molar-refractivity contribution >= 4 is 39.0 Å². The second kappa shape index (κ2) is 10.3. The molecule has 9 rings (SSSR count). The Balaban J connectivity index is 1.15. The van der Waals surface area contributed by atoms with Gasteiger partial charge < -0.3 is 5.32 Å². The van der Waals surface area contributed by atoms with Crippen molar-refractivity contribution in [3.8, 4) is 22.4 Å². The molecule has 0 aliphatic carbocycles. The summed E-state index contributed by atoms with van der Waals surface area (Å²) < 4.78 is 2.07. The SMILES string of the molecule is c1ccc(C2=NC(c3cccc(-c4cccc(-c5nc6c(nc7ccccn76)c6ccccc56)c4)c3)Nc3ccccc32)cc1. The summed E-state index contributed by atoms with van der Waals surface area (Å²) in [5.74, 6) is 0. The second-order valence-corrected chi connectivity index (χ2v) is 11.4. The first-order valence-electron chi connectivity index (χ1n) is 15.2. The number of aromatic nitrogens is 3. The first-order valence-corrected chi connectivity index (χ1v) is 15.2. The maximum absolute atomic E-state index is 5.23. The molecule has 5 nitrogen and oxygen atoms in total. The van der Waals surface area contributed by atoms with Gasteiger partial charge in [0.25, 0.3) is 0 Å². The molecule has 45 heavy (non-hydrogen) atoms. The lowest BCUT2D eigenvalue weighted by Gasteiger charge is -2.26. The van der Waals surface area contributed by atoms with E-state index in [4.69, 9.17) is 15.0 Å². The van der Waals surface area contributed by atoms with Gasteiger partial charge in [0.2, 0.25) is 0 Å². The van der Waals surface area contributed by atoms with Gasteiger partial charge in [-0.2, -0.15) is 0 Å².